The van der Waals surface area contributed by atoms with Gasteiger partial charge in [-0.2, -0.15) is 0 Å². The molecule has 2 atom stereocenters. The molecule has 98 valence electrons. The molecule has 0 amide bonds. The number of benzene rings is 2. The van der Waals surface area contributed by atoms with Gasteiger partial charge in [0, 0.05) is 17.5 Å². The highest BCUT2D eigenvalue weighted by molar-refractivity contribution is 6.30. The maximum absolute atomic E-state index is 6.14. The Morgan fingerprint density at radius 1 is 1.11 bits per heavy atom. The normalized spacial score (nSPS) is 21.4. The molecule has 0 aromatic heterocycles. The fourth-order valence-corrected chi connectivity index (χ4v) is 3.42. The molecule has 0 fully saturated rings. The summed E-state index contributed by atoms with van der Waals surface area (Å²) in [5.41, 5.74) is 4.28. The number of hydrogen-bond acceptors (Lipinski definition) is 1. The predicted molar refractivity (Wildman–Crippen MR) is 81.0 cm³/mol. The Hall–Kier alpha value is -1.31. The lowest BCUT2D eigenvalue weighted by Crippen LogP contribution is -2.15. The maximum atomic E-state index is 6.14. The lowest BCUT2D eigenvalue weighted by molar-refractivity contribution is 0.597. The van der Waals surface area contributed by atoms with Crippen molar-refractivity contribution in [1.82, 2.24) is 5.32 Å². The van der Waals surface area contributed by atoms with E-state index in [9.17, 15) is 0 Å². The van der Waals surface area contributed by atoms with Crippen LogP contribution in [-0.2, 0) is 0 Å². The highest BCUT2D eigenvalue weighted by Crippen LogP contribution is 2.45. The van der Waals surface area contributed by atoms with E-state index in [1.54, 1.807) is 0 Å². The molecule has 1 aliphatic rings. The van der Waals surface area contributed by atoms with Gasteiger partial charge in [-0.05, 0) is 48.2 Å². The average molecular weight is 272 g/mol. The monoisotopic (exact) mass is 271 g/mol. The van der Waals surface area contributed by atoms with Gasteiger partial charge in [0.05, 0.1) is 0 Å². The van der Waals surface area contributed by atoms with Gasteiger partial charge in [-0.3, -0.25) is 0 Å². The lowest BCUT2D eigenvalue weighted by Gasteiger charge is -2.13. The summed E-state index contributed by atoms with van der Waals surface area (Å²) < 4.78 is 0. The molecule has 0 unspecified atom stereocenters. The summed E-state index contributed by atoms with van der Waals surface area (Å²) in [6.45, 7) is 1.04. The van der Waals surface area contributed by atoms with Crippen LogP contribution in [0.25, 0.3) is 0 Å². The molecule has 0 heterocycles. The van der Waals surface area contributed by atoms with Crippen molar-refractivity contribution in [2.24, 2.45) is 0 Å². The molecule has 2 aromatic carbocycles. The zero-order chi connectivity index (χ0) is 13.2. The summed E-state index contributed by atoms with van der Waals surface area (Å²) in [5.74, 6) is 1.08. The van der Waals surface area contributed by atoms with E-state index in [2.05, 4.69) is 41.7 Å². The highest BCUT2D eigenvalue weighted by atomic mass is 35.5. The van der Waals surface area contributed by atoms with E-state index in [1.807, 2.05) is 19.2 Å². The summed E-state index contributed by atoms with van der Waals surface area (Å²) in [7, 11) is 2.02. The summed E-state index contributed by atoms with van der Waals surface area (Å²) in [4.78, 5) is 0. The van der Waals surface area contributed by atoms with Crippen LogP contribution in [-0.4, -0.2) is 13.6 Å². The van der Waals surface area contributed by atoms with Crippen molar-refractivity contribution in [3.63, 3.8) is 0 Å². The molecule has 2 aromatic rings. The molecule has 1 nitrogen and oxygen atoms in total. The van der Waals surface area contributed by atoms with Crippen LogP contribution >= 0.6 is 11.6 Å². The fraction of sp³-hybridized carbons (Fsp3) is 0.294. The van der Waals surface area contributed by atoms with Crippen molar-refractivity contribution in [3.8, 4) is 0 Å². The summed E-state index contributed by atoms with van der Waals surface area (Å²) in [6, 6.07) is 17.1. The molecule has 0 bridgehead atoms. The van der Waals surface area contributed by atoms with Crippen molar-refractivity contribution in [2.75, 3.05) is 13.6 Å². The van der Waals surface area contributed by atoms with Crippen LogP contribution in [0.1, 0.15) is 34.9 Å². The standard InChI is InChI=1S/C17H18ClN/c1-19-11-13-10-17(12-5-4-6-14(18)9-12)16-8-3-2-7-15(13)16/h2-9,13,17,19H,10-11H2,1H3/t13-,17-/m0/s1. The lowest BCUT2D eigenvalue weighted by atomic mass is 9.93. The predicted octanol–water partition coefficient (Wildman–Crippen LogP) is 4.18. The molecule has 0 saturated heterocycles. The quantitative estimate of drug-likeness (QED) is 0.883. The summed E-state index contributed by atoms with van der Waals surface area (Å²) in [6.07, 6.45) is 1.17. The smallest absolute Gasteiger partial charge is 0.0408 e. The number of halogens is 1. The number of rotatable bonds is 3. The van der Waals surface area contributed by atoms with Gasteiger partial charge in [0.15, 0.2) is 0 Å². The van der Waals surface area contributed by atoms with E-state index in [1.165, 1.54) is 23.1 Å². The van der Waals surface area contributed by atoms with E-state index in [0.717, 1.165) is 11.6 Å². The fourth-order valence-electron chi connectivity index (χ4n) is 3.22. The Labute approximate surface area is 119 Å². The minimum absolute atomic E-state index is 0.480. The second-order valence-electron chi connectivity index (χ2n) is 5.23. The van der Waals surface area contributed by atoms with Gasteiger partial charge < -0.3 is 5.32 Å². The SMILES string of the molecule is CNC[C@@H]1C[C@@H](c2cccc(Cl)c2)c2ccccc21. The van der Waals surface area contributed by atoms with E-state index in [4.69, 9.17) is 11.6 Å². The topological polar surface area (TPSA) is 12.0 Å². The first-order valence-corrected chi connectivity index (χ1v) is 7.16. The summed E-state index contributed by atoms with van der Waals surface area (Å²) in [5, 5.41) is 4.13. The first-order valence-electron chi connectivity index (χ1n) is 6.78. The first-order chi connectivity index (χ1) is 9.29. The Kier molecular flexibility index (Phi) is 3.58. The molecule has 3 rings (SSSR count). The van der Waals surface area contributed by atoms with Crippen LogP contribution in [0.5, 0.6) is 0 Å². The van der Waals surface area contributed by atoms with E-state index >= 15 is 0 Å². The molecule has 0 aliphatic heterocycles. The second-order valence-corrected chi connectivity index (χ2v) is 5.66. The molecule has 1 N–H and O–H groups in total. The van der Waals surface area contributed by atoms with E-state index in [-0.39, 0.29) is 0 Å². The van der Waals surface area contributed by atoms with E-state index < -0.39 is 0 Å². The average Bonchev–Trinajstić information content (AvgIpc) is 2.79. The molecule has 0 saturated carbocycles. The summed E-state index contributed by atoms with van der Waals surface area (Å²) >= 11 is 6.14. The van der Waals surface area contributed by atoms with Crippen molar-refractivity contribution in [3.05, 3.63) is 70.2 Å². The Bertz CT molecular complexity index is 579. The second kappa shape index (κ2) is 5.36. The van der Waals surface area contributed by atoms with Gasteiger partial charge in [0.2, 0.25) is 0 Å². The molecule has 1 aliphatic carbocycles. The number of nitrogens with one attached hydrogen (secondary N) is 1. The molecular weight excluding hydrogens is 254 g/mol. The van der Waals surface area contributed by atoms with Crippen molar-refractivity contribution < 1.29 is 0 Å². The van der Waals surface area contributed by atoms with Crippen LogP contribution < -0.4 is 5.32 Å². The third kappa shape index (κ3) is 2.41. The van der Waals surface area contributed by atoms with Gasteiger partial charge in [-0.1, -0.05) is 48.0 Å². The van der Waals surface area contributed by atoms with Crippen LogP contribution in [0, 0.1) is 0 Å². The first kappa shape index (κ1) is 12.7. The molecule has 19 heavy (non-hydrogen) atoms. The number of fused-ring (bicyclic) bond motifs is 1. The Balaban J connectivity index is 2.00. The Morgan fingerprint density at radius 3 is 2.63 bits per heavy atom. The van der Waals surface area contributed by atoms with Crippen LogP contribution in [0.4, 0.5) is 0 Å². The van der Waals surface area contributed by atoms with Crippen molar-refractivity contribution in [2.45, 2.75) is 18.3 Å². The third-order valence-corrected chi connectivity index (χ3v) is 4.27. The van der Waals surface area contributed by atoms with Gasteiger partial charge in [0.1, 0.15) is 0 Å². The molecule has 0 radical (unpaired) electrons. The van der Waals surface area contributed by atoms with Crippen molar-refractivity contribution in [1.29, 1.82) is 0 Å². The largest absolute Gasteiger partial charge is 0.319 e. The third-order valence-electron chi connectivity index (χ3n) is 4.03. The zero-order valence-electron chi connectivity index (χ0n) is 11.1. The van der Waals surface area contributed by atoms with Gasteiger partial charge in [-0.15, -0.1) is 0 Å². The number of hydrogen-bond donors (Lipinski definition) is 1. The Morgan fingerprint density at radius 2 is 1.89 bits per heavy atom. The van der Waals surface area contributed by atoms with Crippen molar-refractivity contribution >= 4 is 11.6 Å². The van der Waals surface area contributed by atoms with Gasteiger partial charge >= 0.3 is 0 Å². The minimum Gasteiger partial charge on any atom is -0.319 e. The maximum Gasteiger partial charge on any atom is 0.0408 e. The molecule has 2 heteroatoms. The number of likely N-dealkylation sites (N-methyl/N-ethyl adjacent to an activating group) is 1. The van der Waals surface area contributed by atoms with E-state index in [0.29, 0.717) is 11.8 Å². The minimum atomic E-state index is 0.480. The van der Waals surface area contributed by atoms with Crippen LogP contribution in [0.2, 0.25) is 5.02 Å². The van der Waals surface area contributed by atoms with Gasteiger partial charge in [0.25, 0.3) is 0 Å². The van der Waals surface area contributed by atoms with Crippen LogP contribution in [0.15, 0.2) is 48.5 Å². The van der Waals surface area contributed by atoms with Crippen LogP contribution in [0.3, 0.4) is 0 Å². The molecular formula is C17H18ClN. The van der Waals surface area contributed by atoms with Gasteiger partial charge in [-0.25, -0.2) is 0 Å². The zero-order valence-corrected chi connectivity index (χ0v) is 11.8. The molecule has 0 spiro atoms. The highest BCUT2D eigenvalue weighted by Gasteiger charge is 2.30.